The van der Waals surface area contributed by atoms with E-state index in [2.05, 4.69) is 10.2 Å². The zero-order chi connectivity index (χ0) is 18.5. The molecule has 0 unspecified atom stereocenters. The van der Waals surface area contributed by atoms with Crippen molar-refractivity contribution in [3.8, 4) is 5.75 Å². The summed E-state index contributed by atoms with van der Waals surface area (Å²) in [7, 11) is 0. The summed E-state index contributed by atoms with van der Waals surface area (Å²) < 4.78 is 5.71. The Morgan fingerprint density at radius 3 is 2.54 bits per heavy atom. The van der Waals surface area contributed by atoms with Gasteiger partial charge in [-0.1, -0.05) is 41.4 Å². The lowest BCUT2D eigenvalue weighted by molar-refractivity contribution is 0.208. The standard InChI is InChI=1S/C19H21Cl2N3O2/c1-2-26-17-9-4-3-8-16(17)23-10-12-24(13-11-23)19(25)22-15-7-5-6-14(20)18(15)21/h3-9H,2,10-13H2,1H3,(H,22,25). The molecule has 5 nitrogen and oxygen atoms in total. The lowest BCUT2D eigenvalue weighted by atomic mass is 10.2. The van der Waals surface area contributed by atoms with E-state index in [0.29, 0.717) is 35.4 Å². The van der Waals surface area contributed by atoms with Crippen LogP contribution in [0.4, 0.5) is 16.2 Å². The molecule has 0 saturated carbocycles. The Hall–Kier alpha value is -2.11. The van der Waals surface area contributed by atoms with E-state index in [-0.39, 0.29) is 6.03 Å². The number of halogens is 2. The predicted molar refractivity (Wildman–Crippen MR) is 107 cm³/mol. The van der Waals surface area contributed by atoms with Gasteiger partial charge in [0.15, 0.2) is 0 Å². The van der Waals surface area contributed by atoms with Crippen LogP contribution in [-0.4, -0.2) is 43.7 Å². The molecule has 2 aromatic carbocycles. The highest BCUT2D eigenvalue weighted by atomic mass is 35.5. The molecule has 1 N–H and O–H groups in total. The number of carbonyl (C=O) groups is 1. The highest BCUT2D eigenvalue weighted by Crippen LogP contribution is 2.31. The third kappa shape index (κ3) is 4.17. The highest BCUT2D eigenvalue weighted by molar-refractivity contribution is 6.43. The molecule has 2 amide bonds. The predicted octanol–water partition coefficient (Wildman–Crippen LogP) is 4.75. The molecule has 1 fully saturated rings. The number of rotatable bonds is 4. The lowest BCUT2D eigenvalue weighted by Gasteiger charge is -2.36. The van der Waals surface area contributed by atoms with Crippen molar-refractivity contribution in [2.75, 3.05) is 43.0 Å². The van der Waals surface area contributed by atoms with Crippen LogP contribution < -0.4 is 15.0 Å². The zero-order valence-electron chi connectivity index (χ0n) is 14.5. The summed E-state index contributed by atoms with van der Waals surface area (Å²) in [6.45, 7) is 5.30. The maximum absolute atomic E-state index is 12.5. The largest absolute Gasteiger partial charge is 0.492 e. The lowest BCUT2D eigenvalue weighted by Crippen LogP contribution is -2.50. The van der Waals surface area contributed by atoms with E-state index in [9.17, 15) is 4.79 Å². The molecule has 1 saturated heterocycles. The first-order chi connectivity index (χ1) is 12.6. The quantitative estimate of drug-likeness (QED) is 0.814. The van der Waals surface area contributed by atoms with E-state index in [1.54, 1.807) is 23.1 Å². The fourth-order valence-electron chi connectivity index (χ4n) is 2.94. The van der Waals surface area contributed by atoms with Crippen molar-refractivity contribution in [3.05, 3.63) is 52.5 Å². The van der Waals surface area contributed by atoms with Crippen LogP contribution in [0.2, 0.25) is 10.0 Å². The van der Waals surface area contributed by atoms with Gasteiger partial charge in [0.1, 0.15) is 5.75 Å². The van der Waals surface area contributed by atoms with Crippen LogP contribution >= 0.6 is 23.2 Å². The fraction of sp³-hybridized carbons (Fsp3) is 0.316. The molecular formula is C19H21Cl2N3O2. The number of carbonyl (C=O) groups excluding carboxylic acids is 1. The maximum Gasteiger partial charge on any atom is 0.322 e. The van der Waals surface area contributed by atoms with Crippen LogP contribution in [0.25, 0.3) is 0 Å². The molecule has 1 heterocycles. The van der Waals surface area contributed by atoms with Gasteiger partial charge in [0.2, 0.25) is 0 Å². The van der Waals surface area contributed by atoms with Crippen molar-refractivity contribution in [2.24, 2.45) is 0 Å². The van der Waals surface area contributed by atoms with Gasteiger partial charge in [0.25, 0.3) is 0 Å². The molecule has 1 aliphatic heterocycles. The molecule has 0 spiro atoms. The molecule has 26 heavy (non-hydrogen) atoms. The summed E-state index contributed by atoms with van der Waals surface area (Å²) in [5, 5.41) is 3.61. The molecular weight excluding hydrogens is 373 g/mol. The van der Waals surface area contributed by atoms with Crippen LogP contribution in [0.5, 0.6) is 5.75 Å². The van der Waals surface area contributed by atoms with E-state index in [4.69, 9.17) is 27.9 Å². The minimum absolute atomic E-state index is 0.174. The number of benzene rings is 2. The van der Waals surface area contributed by atoms with Crippen molar-refractivity contribution in [1.29, 1.82) is 0 Å². The highest BCUT2D eigenvalue weighted by Gasteiger charge is 2.23. The van der Waals surface area contributed by atoms with Crippen LogP contribution in [0, 0.1) is 0 Å². The number of hydrogen-bond acceptors (Lipinski definition) is 3. The van der Waals surface area contributed by atoms with Crippen LogP contribution in [-0.2, 0) is 0 Å². The molecule has 1 aliphatic rings. The van der Waals surface area contributed by atoms with Crippen molar-refractivity contribution < 1.29 is 9.53 Å². The number of para-hydroxylation sites is 2. The molecule has 0 aliphatic carbocycles. The number of urea groups is 1. The minimum atomic E-state index is -0.174. The number of ether oxygens (including phenoxy) is 1. The van der Waals surface area contributed by atoms with Gasteiger partial charge in [-0.25, -0.2) is 4.79 Å². The summed E-state index contributed by atoms with van der Waals surface area (Å²) in [5.74, 6) is 0.874. The number of nitrogens with one attached hydrogen (secondary N) is 1. The van der Waals surface area contributed by atoms with Crippen LogP contribution in [0.15, 0.2) is 42.5 Å². The Balaban J connectivity index is 1.62. The number of anilines is 2. The van der Waals surface area contributed by atoms with Crippen molar-refractivity contribution in [3.63, 3.8) is 0 Å². The van der Waals surface area contributed by atoms with E-state index in [1.165, 1.54) is 0 Å². The molecule has 0 radical (unpaired) electrons. The molecule has 3 rings (SSSR count). The van der Waals surface area contributed by atoms with E-state index >= 15 is 0 Å². The first-order valence-electron chi connectivity index (χ1n) is 8.57. The Morgan fingerprint density at radius 2 is 1.81 bits per heavy atom. The van der Waals surface area contributed by atoms with Gasteiger partial charge in [-0.3, -0.25) is 0 Å². The SMILES string of the molecule is CCOc1ccccc1N1CCN(C(=O)Nc2cccc(Cl)c2Cl)CC1. The first-order valence-corrected chi connectivity index (χ1v) is 9.32. The van der Waals surface area contributed by atoms with Crippen LogP contribution in [0.3, 0.4) is 0 Å². The maximum atomic E-state index is 12.5. The molecule has 0 aromatic heterocycles. The molecule has 0 bridgehead atoms. The van der Waals surface area contributed by atoms with Crippen molar-refractivity contribution in [2.45, 2.75) is 6.92 Å². The average molecular weight is 394 g/mol. The number of nitrogens with zero attached hydrogens (tertiary/aromatic N) is 2. The van der Waals surface area contributed by atoms with Gasteiger partial charge in [-0.05, 0) is 31.2 Å². The molecule has 2 aromatic rings. The van der Waals surface area contributed by atoms with E-state index in [0.717, 1.165) is 24.5 Å². The topological polar surface area (TPSA) is 44.8 Å². The molecule has 138 valence electrons. The molecule has 7 heteroatoms. The van der Waals surface area contributed by atoms with Gasteiger partial charge >= 0.3 is 6.03 Å². The van der Waals surface area contributed by atoms with Gasteiger partial charge < -0.3 is 19.9 Å². The van der Waals surface area contributed by atoms with Crippen LogP contribution in [0.1, 0.15) is 6.92 Å². The van der Waals surface area contributed by atoms with Crippen molar-refractivity contribution in [1.82, 2.24) is 4.90 Å². The number of hydrogen-bond donors (Lipinski definition) is 1. The van der Waals surface area contributed by atoms with Gasteiger partial charge in [0.05, 0.1) is 28.0 Å². The summed E-state index contributed by atoms with van der Waals surface area (Å²) in [6.07, 6.45) is 0. The molecule has 0 atom stereocenters. The second-order valence-corrected chi connectivity index (χ2v) is 6.69. The smallest absolute Gasteiger partial charge is 0.322 e. The van der Waals surface area contributed by atoms with Gasteiger partial charge in [-0.2, -0.15) is 0 Å². The Bertz CT molecular complexity index is 777. The number of amides is 2. The van der Waals surface area contributed by atoms with Crippen molar-refractivity contribution >= 4 is 40.6 Å². The Kier molecular flexibility index (Phi) is 6.12. The minimum Gasteiger partial charge on any atom is -0.492 e. The Labute approximate surface area is 163 Å². The normalized spacial score (nSPS) is 14.3. The fourth-order valence-corrected chi connectivity index (χ4v) is 3.29. The summed E-state index contributed by atoms with van der Waals surface area (Å²) in [4.78, 5) is 16.5. The monoisotopic (exact) mass is 393 g/mol. The third-order valence-corrected chi connectivity index (χ3v) is 5.08. The Morgan fingerprint density at radius 1 is 1.08 bits per heavy atom. The van der Waals surface area contributed by atoms with Gasteiger partial charge in [-0.15, -0.1) is 0 Å². The second kappa shape index (κ2) is 8.52. The summed E-state index contributed by atoms with van der Waals surface area (Å²) in [5.41, 5.74) is 1.58. The zero-order valence-corrected chi connectivity index (χ0v) is 16.1. The third-order valence-electron chi connectivity index (χ3n) is 4.27. The summed E-state index contributed by atoms with van der Waals surface area (Å²) >= 11 is 12.1. The van der Waals surface area contributed by atoms with E-state index < -0.39 is 0 Å². The first kappa shape index (κ1) is 18.7. The van der Waals surface area contributed by atoms with Gasteiger partial charge in [0, 0.05) is 26.2 Å². The second-order valence-electron chi connectivity index (χ2n) is 5.91. The van der Waals surface area contributed by atoms with E-state index in [1.807, 2.05) is 31.2 Å². The number of piperazine rings is 1. The summed E-state index contributed by atoms with van der Waals surface area (Å²) in [6, 6.07) is 13.0. The average Bonchev–Trinajstić information content (AvgIpc) is 2.66.